The fourth-order valence-electron chi connectivity index (χ4n) is 6.30. The Kier molecular flexibility index (Phi) is 2.72. The lowest BCUT2D eigenvalue weighted by molar-refractivity contribution is -0.935. The van der Waals surface area contributed by atoms with Crippen molar-refractivity contribution in [3.8, 4) is 11.5 Å². The third-order valence-corrected chi connectivity index (χ3v) is 7.70. The SMILES string of the molecule is COC1=CC=C2C3Cc4ccc(O)c5c4C2(CC[N+]3(C)CC2CC2)C1O5. The molecule has 4 heteroatoms. The van der Waals surface area contributed by atoms with Crippen LogP contribution in [0.4, 0.5) is 0 Å². The van der Waals surface area contributed by atoms with Gasteiger partial charge >= 0.3 is 0 Å². The minimum Gasteiger partial charge on any atom is -0.504 e. The van der Waals surface area contributed by atoms with Gasteiger partial charge in [0.05, 0.1) is 32.7 Å². The molecule has 2 bridgehead atoms. The van der Waals surface area contributed by atoms with Crippen molar-refractivity contribution in [2.75, 3.05) is 27.2 Å². The summed E-state index contributed by atoms with van der Waals surface area (Å²) >= 11 is 0. The van der Waals surface area contributed by atoms with E-state index >= 15 is 0 Å². The average molecular weight is 352 g/mol. The van der Waals surface area contributed by atoms with Gasteiger partial charge in [0, 0.05) is 29.9 Å². The smallest absolute Gasteiger partial charge is 0.169 e. The molecule has 4 atom stereocenters. The maximum absolute atomic E-state index is 10.5. The quantitative estimate of drug-likeness (QED) is 0.850. The number of allylic oxidation sites excluding steroid dienone is 2. The number of rotatable bonds is 3. The standard InChI is InChI=1S/C22H25NO3/c1-23(12-13-3-4-13)10-9-22-15-6-8-18(25-2)21(22)26-20-17(24)7-5-14(19(20)22)11-16(15)23/h5-8,13,16,21H,3-4,9-12H2,1-2H3/p+1. The van der Waals surface area contributed by atoms with Gasteiger partial charge in [-0.1, -0.05) is 12.1 Å². The first-order valence-corrected chi connectivity index (χ1v) is 9.89. The van der Waals surface area contributed by atoms with Gasteiger partial charge in [-0.3, -0.25) is 0 Å². The van der Waals surface area contributed by atoms with Crippen molar-refractivity contribution < 1.29 is 19.1 Å². The van der Waals surface area contributed by atoms with Gasteiger partial charge in [-0.25, -0.2) is 0 Å². The lowest BCUT2D eigenvalue weighted by atomic mass is 9.56. The van der Waals surface area contributed by atoms with Crippen LogP contribution >= 0.6 is 0 Å². The van der Waals surface area contributed by atoms with Gasteiger partial charge < -0.3 is 19.1 Å². The molecule has 1 saturated heterocycles. The molecule has 1 N–H and O–H groups in total. The second-order valence-corrected chi connectivity index (χ2v) is 9.11. The molecule has 3 aliphatic carbocycles. The largest absolute Gasteiger partial charge is 0.504 e. The number of likely N-dealkylation sites (tertiary alicyclic amines) is 1. The maximum Gasteiger partial charge on any atom is 0.169 e. The summed E-state index contributed by atoms with van der Waals surface area (Å²) in [6.45, 7) is 2.47. The van der Waals surface area contributed by atoms with Crippen LogP contribution in [0, 0.1) is 5.92 Å². The van der Waals surface area contributed by atoms with Gasteiger partial charge in [0.1, 0.15) is 11.8 Å². The lowest BCUT2D eigenvalue weighted by Gasteiger charge is -2.57. The summed E-state index contributed by atoms with van der Waals surface area (Å²) in [5.41, 5.74) is 3.97. The number of piperidine rings is 1. The van der Waals surface area contributed by atoms with Crippen LogP contribution in [0.2, 0.25) is 0 Å². The Morgan fingerprint density at radius 2 is 2.15 bits per heavy atom. The summed E-state index contributed by atoms with van der Waals surface area (Å²) in [4.78, 5) is 0. The number of nitrogens with zero attached hydrogens (tertiary/aromatic N) is 1. The number of hydrogen-bond acceptors (Lipinski definition) is 3. The molecule has 4 unspecified atom stereocenters. The molecule has 4 nitrogen and oxygen atoms in total. The summed E-state index contributed by atoms with van der Waals surface area (Å²) in [6, 6.07) is 4.45. The predicted molar refractivity (Wildman–Crippen MR) is 98.1 cm³/mol. The molecule has 1 aromatic carbocycles. The Balaban J connectivity index is 1.59. The average Bonchev–Trinajstić information content (AvgIpc) is 3.37. The van der Waals surface area contributed by atoms with E-state index in [4.69, 9.17) is 9.47 Å². The summed E-state index contributed by atoms with van der Waals surface area (Å²) in [6.07, 6.45) is 9.20. The van der Waals surface area contributed by atoms with E-state index in [0.717, 1.165) is 29.0 Å². The van der Waals surface area contributed by atoms with E-state index in [-0.39, 0.29) is 17.3 Å². The van der Waals surface area contributed by atoms with Crippen LogP contribution in [-0.2, 0) is 16.6 Å². The van der Waals surface area contributed by atoms with Crippen LogP contribution in [0.15, 0.2) is 35.6 Å². The van der Waals surface area contributed by atoms with Gasteiger partial charge in [0.15, 0.2) is 17.6 Å². The molecule has 1 aromatic rings. The second-order valence-electron chi connectivity index (χ2n) is 9.11. The van der Waals surface area contributed by atoms with Crippen LogP contribution in [0.5, 0.6) is 11.5 Å². The minimum atomic E-state index is -0.145. The normalized spacial score (nSPS) is 38.8. The number of phenols is 1. The molecule has 0 amide bonds. The lowest BCUT2D eigenvalue weighted by Crippen LogP contribution is -2.67. The molecule has 1 spiro atoms. The van der Waals surface area contributed by atoms with Crippen molar-refractivity contribution in [3.63, 3.8) is 0 Å². The molecule has 26 heavy (non-hydrogen) atoms. The number of quaternary nitrogens is 1. The van der Waals surface area contributed by atoms with E-state index in [2.05, 4.69) is 25.3 Å². The number of ether oxygens (including phenoxy) is 2. The highest BCUT2D eigenvalue weighted by Crippen LogP contribution is 2.63. The fraction of sp³-hybridized carbons (Fsp3) is 0.545. The number of benzene rings is 1. The van der Waals surface area contributed by atoms with Crippen LogP contribution < -0.4 is 4.74 Å². The Morgan fingerprint density at radius 1 is 1.31 bits per heavy atom. The molecular formula is C22H26NO3+. The van der Waals surface area contributed by atoms with E-state index < -0.39 is 0 Å². The number of likely N-dealkylation sites (N-methyl/N-ethyl adjacent to an activating group) is 1. The Bertz CT molecular complexity index is 884. The molecule has 2 fully saturated rings. The van der Waals surface area contributed by atoms with Crippen molar-refractivity contribution in [1.29, 1.82) is 0 Å². The van der Waals surface area contributed by atoms with Crippen molar-refractivity contribution in [2.45, 2.75) is 43.2 Å². The van der Waals surface area contributed by atoms with Gasteiger partial charge in [0.25, 0.3) is 0 Å². The second kappa shape index (κ2) is 4.66. The van der Waals surface area contributed by atoms with Crippen LogP contribution in [0.1, 0.15) is 30.4 Å². The monoisotopic (exact) mass is 352 g/mol. The van der Waals surface area contributed by atoms with E-state index in [1.807, 2.05) is 6.07 Å². The van der Waals surface area contributed by atoms with E-state index in [1.165, 1.54) is 42.6 Å². The highest BCUT2D eigenvalue weighted by molar-refractivity contribution is 5.66. The first-order chi connectivity index (χ1) is 12.6. The number of hydrogen-bond donors (Lipinski definition) is 1. The highest BCUT2D eigenvalue weighted by Gasteiger charge is 2.66. The maximum atomic E-state index is 10.5. The first kappa shape index (κ1) is 15.2. The highest BCUT2D eigenvalue weighted by atomic mass is 16.5. The Hall–Kier alpha value is -1.94. The third kappa shape index (κ3) is 1.65. The zero-order valence-corrected chi connectivity index (χ0v) is 15.5. The van der Waals surface area contributed by atoms with Crippen molar-refractivity contribution in [3.05, 3.63) is 46.7 Å². The molecule has 1 saturated carbocycles. The van der Waals surface area contributed by atoms with Crippen molar-refractivity contribution in [2.24, 2.45) is 5.92 Å². The molecular weight excluding hydrogens is 326 g/mol. The summed E-state index contributed by atoms with van der Waals surface area (Å²) in [5, 5.41) is 10.5. The zero-order chi connectivity index (χ0) is 17.7. The van der Waals surface area contributed by atoms with E-state index in [1.54, 1.807) is 7.11 Å². The van der Waals surface area contributed by atoms with E-state index in [0.29, 0.717) is 11.8 Å². The summed E-state index contributed by atoms with van der Waals surface area (Å²) in [5.74, 6) is 2.76. The number of phenolic OH excluding ortho intramolecular Hbond substituents is 1. The van der Waals surface area contributed by atoms with Crippen LogP contribution in [0.25, 0.3) is 0 Å². The summed E-state index contributed by atoms with van der Waals surface area (Å²) in [7, 11) is 4.19. The van der Waals surface area contributed by atoms with Gasteiger partial charge in [0.2, 0.25) is 0 Å². The molecule has 2 heterocycles. The Labute approximate surface area is 154 Å². The summed E-state index contributed by atoms with van der Waals surface area (Å²) < 4.78 is 13.2. The van der Waals surface area contributed by atoms with Gasteiger partial charge in [-0.05, 0) is 30.5 Å². The van der Waals surface area contributed by atoms with Crippen LogP contribution in [0.3, 0.4) is 0 Å². The Morgan fingerprint density at radius 3 is 2.92 bits per heavy atom. The molecule has 0 aromatic heterocycles. The van der Waals surface area contributed by atoms with Gasteiger partial charge in [-0.15, -0.1) is 0 Å². The topological polar surface area (TPSA) is 38.7 Å². The number of aromatic hydroxyl groups is 1. The molecule has 136 valence electrons. The molecule has 6 rings (SSSR count). The zero-order valence-electron chi connectivity index (χ0n) is 15.5. The molecule has 5 aliphatic rings. The fourth-order valence-corrected chi connectivity index (χ4v) is 6.30. The van der Waals surface area contributed by atoms with Crippen molar-refractivity contribution in [1.82, 2.24) is 0 Å². The van der Waals surface area contributed by atoms with Gasteiger partial charge in [-0.2, -0.15) is 0 Å². The van der Waals surface area contributed by atoms with E-state index in [9.17, 15) is 5.11 Å². The predicted octanol–water partition coefficient (Wildman–Crippen LogP) is 3.05. The van der Waals surface area contributed by atoms with Crippen molar-refractivity contribution >= 4 is 0 Å². The third-order valence-electron chi connectivity index (χ3n) is 7.70. The minimum absolute atomic E-state index is 0.132. The number of methoxy groups -OCH3 is 1. The molecule has 2 aliphatic heterocycles. The first-order valence-electron chi connectivity index (χ1n) is 9.89. The molecule has 0 radical (unpaired) electrons. The van der Waals surface area contributed by atoms with Crippen LogP contribution in [-0.4, -0.2) is 49.0 Å².